The van der Waals surface area contributed by atoms with Crippen LogP contribution in [0.2, 0.25) is 5.02 Å². The van der Waals surface area contributed by atoms with Gasteiger partial charge in [0.25, 0.3) is 0 Å². The molecule has 0 saturated heterocycles. The van der Waals surface area contributed by atoms with Crippen LogP contribution in [0, 0.1) is 0 Å². The van der Waals surface area contributed by atoms with Crippen LogP contribution < -0.4 is 10.2 Å². The first-order chi connectivity index (χ1) is 9.20. The van der Waals surface area contributed by atoms with E-state index in [0.717, 1.165) is 21.5 Å². The van der Waals surface area contributed by atoms with E-state index in [0.29, 0.717) is 5.02 Å². The minimum absolute atomic E-state index is 0.626. The molecule has 5 heteroatoms. The van der Waals surface area contributed by atoms with Crippen LogP contribution in [0.5, 0.6) is 5.75 Å². The maximum Gasteiger partial charge on any atom is 0.127 e. The molecule has 0 radical (unpaired) electrons. The fourth-order valence-electron chi connectivity index (χ4n) is 1.53. The fraction of sp³-hybridized carbons (Fsp3) is 0.0714. The average Bonchev–Trinajstić information content (AvgIpc) is 2.41. The molecule has 0 atom stereocenters. The summed E-state index contributed by atoms with van der Waals surface area (Å²) >= 11 is 9.44. The van der Waals surface area contributed by atoms with Crippen molar-refractivity contribution in [3.63, 3.8) is 0 Å². The molecule has 0 aromatic heterocycles. The highest BCUT2D eigenvalue weighted by atomic mass is 79.9. The number of rotatable bonds is 4. The van der Waals surface area contributed by atoms with Gasteiger partial charge in [-0.1, -0.05) is 39.7 Å². The second-order valence-corrected chi connectivity index (χ2v) is 5.06. The van der Waals surface area contributed by atoms with Gasteiger partial charge in [-0.25, -0.2) is 0 Å². The Morgan fingerprint density at radius 1 is 1.26 bits per heavy atom. The van der Waals surface area contributed by atoms with Gasteiger partial charge in [-0.15, -0.1) is 0 Å². The van der Waals surface area contributed by atoms with E-state index in [4.69, 9.17) is 16.3 Å². The van der Waals surface area contributed by atoms with E-state index < -0.39 is 0 Å². The molecule has 0 aliphatic heterocycles. The Balaban J connectivity index is 2.15. The Hall–Kier alpha value is -1.52. The molecule has 0 heterocycles. The zero-order valence-electron chi connectivity index (χ0n) is 10.2. The summed E-state index contributed by atoms with van der Waals surface area (Å²) in [5.74, 6) is 0.757. The van der Waals surface area contributed by atoms with Crippen molar-refractivity contribution in [2.24, 2.45) is 5.10 Å². The van der Waals surface area contributed by atoms with Gasteiger partial charge in [0.15, 0.2) is 0 Å². The molecule has 0 unspecified atom stereocenters. The lowest BCUT2D eigenvalue weighted by molar-refractivity contribution is 0.414. The molecule has 0 aliphatic carbocycles. The van der Waals surface area contributed by atoms with Crippen molar-refractivity contribution in [2.75, 3.05) is 12.5 Å². The molecular weight excluding hydrogens is 328 g/mol. The first kappa shape index (κ1) is 13.9. The number of para-hydroxylation sites is 1. The number of anilines is 1. The lowest BCUT2D eigenvalue weighted by atomic mass is 10.2. The normalized spacial score (nSPS) is 10.7. The van der Waals surface area contributed by atoms with E-state index in [1.807, 2.05) is 36.4 Å². The van der Waals surface area contributed by atoms with E-state index in [2.05, 4.69) is 26.5 Å². The number of halogens is 2. The van der Waals surface area contributed by atoms with Gasteiger partial charge in [0, 0.05) is 10.0 Å². The Kier molecular flexibility index (Phi) is 4.82. The van der Waals surface area contributed by atoms with Crippen molar-refractivity contribution in [1.29, 1.82) is 0 Å². The SMILES string of the molecule is COc1ccc(Br)cc1C=NNc1ccccc1Cl. The summed E-state index contributed by atoms with van der Waals surface area (Å²) < 4.78 is 6.23. The van der Waals surface area contributed by atoms with Gasteiger partial charge in [0.1, 0.15) is 5.75 Å². The van der Waals surface area contributed by atoms with Crippen molar-refractivity contribution in [3.05, 3.63) is 57.5 Å². The number of nitrogens with zero attached hydrogens (tertiary/aromatic N) is 1. The lowest BCUT2D eigenvalue weighted by Gasteiger charge is -2.05. The fourth-order valence-corrected chi connectivity index (χ4v) is 2.09. The topological polar surface area (TPSA) is 33.6 Å². The van der Waals surface area contributed by atoms with Gasteiger partial charge >= 0.3 is 0 Å². The molecule has 0 saturated carbocycles. The van der Waals surface area contributed by atoms with Crippen LogP contribution in [0.3, 0.4) is 0 Å². The summed E-state index contributed by atoms with van der Waals surface area (Å²) in [6.07, 6.45) is 1.69. The molecule has 0 aliphatic rings. The van der Waals surface area contributed by atoms with Crippen LogP contribution in [0.1, 0.15) is 5.56 Å². The Morgan fingerprint density at radius 3 is 2.79 bits per heavy atom. The molecule has 3 nitrogen and oxygen atoms in total. The summed E-state index contributed by atoms with van der Waals surface area (Å²) in [4.78, 5) is 0. The summed E-state index contributed by atoms with van der Waals surface area (Å²) in [5.41, 5.74) is 4.53. The van der Waals surface area contributed by atoms with E-state index in [1.165, 1.54) is 0 Å². The van der Waals surface area contributed by atoms with E-state index in [-0.39, 0.29) is 0 Å². The molecule has 1 N–H and O–H groups in total. The number of benzene rings is 2. The van der Waals surface area contributed by atoms with Crippen molar-refractivity contribution in [2.45, 2.75) is 0 Å². The van der Waals surface area contributed by atoms with Crippen molar-refractivity contribution >= 4 is 39.4 Å². The minimum Gasteiger partial charge on any atom is -0.496 e. The van der Waals surface area contributed by atoms with Crippen LogP contribution in [-0.4, -0.2) is 13.3 Å². The third-order valence-corrected chi connectivity index (χ3v) is 3.28. The number of ether oxygens (including phenoxy) is 1. The van der Waals surface area contributed by atoms with Gasteiger partial charge in [0.2, 0.25) is 0 Å². The molecule has 98 valence electrons. The van der Waals surface area contributed by atoms with E-state index >= 15 is 0 Å². The average molecular weight is 340 g/mol. The summed E-state index contributed by atoms with van der Waals surface area (Å²) in [7, 11) is 1.63. The molecule has 0 spiro atoms. The molecule has 0 fully saturated rings. The van der Waals surface area contributed by atoms with Gasteiger partial charge < -0.3 is 4.74 Å². The monoisotopic (exact) mass is 338 g/mol. The number of hydrogen-bond donors (Lipinski definition) is 1. The largest absolute Gasteiger partial charge is 0.496 e. The maximum atomic E-state index is 6.02. The second kappa shape index (κ2) is 6.59. The predicted molar refractivity (Wildman–Crippen MR) is 83.4 cm³/mol. The van der Waals surface area contributed by atoms with E-state index in [9.17, 15) is 0 Å². The number of hydrogen-bond acceptors (Lipinski definition) is 3. The number of methoxy groups -OCH3 is 1. The van der Waals surface area contributed by atoms with Crippen LogP contribution in [0.25, 0.3) is 0 Å². The molecule has 0 amide bonds. The minimum atomic E-state index is 0.626. The number of hydrazone groups is 1. The molecule has 0 bridgehead atoms. The number of nitrogens with one attached hydrogen (secondary N) is 1. The highest BCUT2D eigenvalue weighted by molar-refractivity contribution is 9.10. The molecule has 2 aromatic carbocycles. The highest BCUT2D eigenvalue weighted by Crippen LogP contribution is 2.22. The smallest absolute Gasteiger partial charge is 0.127 e. The van der Waals surface area contributed by atoms with Gasteiger partial charge in [-0.05, 0) is 30.3 Å². The zero-order valence-corrected chi connectivity index (χ0v) is 12.6. The predicted octanol–water partition coefficient (Wildman–Crippen LogP) is 4.56. The summed E-state index contributed by atoms with van der Waals surface area (Å²) in [5, 5.41) is 4.79. The Morgan fingerprint density at radius 2 is 2.05 bits per heavy atom. The van der Waals surface area contributed by atoms with Crippen LogP contribution >= 0.6 is 27.5 Å². The first-order valence-corrected chi connectivity index (χ1v) is 6.75. The third-order valence-electron chi connectivity index (χ3n) is 2.45. The Bertz CT molecular complexity index is 602. The van der Waals surface area contributed by atoms with Gasteiger partial charge in [0.05, 0.1) is 24.0 Å². The molecular formula is C14H12BrClN2O. The van der Waals surface area contributed by atoms with E-state index in [1.54, 1.807) is 19.4 Å². The molecule has 19 heavy (non-hydrogen) atoms. The van der Waals surface area contributed by atoms with Crippen LogP contribution in [-0.2, 0) is 0 Å². The Labute approximate surface area is 125 Å². The summed E-state index contributed by atoms with van der Waals surface area (Å²) in [6, 6.07) is 13.1. The van der Waals surface area contributed by atoms with Crippen LogP contribution in [0.4, 0.5) is 5.69 Å². The summed E-state index contributed by atoms with van der Waals surface area (Å²) in [6.45, 7) is 0. The highest BCUT2D eigenvalue weighted by Gasteiger charge is 2.01. The third kappa shape index (κ3) is 3.72. The molecule has 2 aromatic rings. The first-order valence-electron chi connectivity index (χ1n) is 5.58. The van der Waals surface area contributed by atoms with Crippen molar-refractivity contribution in [3.8, 4) is 5.75 Å². The second-order valence-electron chi connectivity index (χ2n) is 3.74. The van der Waals surface area contributed by atoms with Crippen molar-refractivity contribution in [1.82, 2.24) is 0 Å². The van der Waals surface area contributed by atoms with Crippen LogP contribution in [0.15, 0.2) is 52.0 Å². The maximum absolute atomic E-state index is 6.02. The quantitative estimate of drug-likeness (QED) is 0.654. The van der Waals surface area contributed by atoms with Crippen molar-refractivity contribution < 1.29 is 4.74 Å². The van der Waals surface area contributed by atoms with Gasteiger partial charge in [-0.2, -0.15) is 5.10 Å². The standard InChI is InChI=1S/C14H12BrClN2O/c1-19-14-7-6-11(15)8-10(14)9-17-18-13-5-3-2-4-12(13)16/h2-9,18H,1H3. The zero-order chi connectivity index (χ0) is 13.7. The lowest BCUT2D eigenvalue weighted by Crippen LogP contribution is -1.94. The van der Waals surface area contributed by atoms with Gasteiger partial charge in [-0.3, -0.25) is 5.43 Å². The molecule has 2 rings (SSSR count).